The molecule has 0 aromatic carbocycles. The molecule has 0 unspecified atom stereocenters. The molecule has 1 heteroatoms. The van der Waals surface area contributed by atoms with Gasteiger partial charge in [-0.3, -0.25) is 0 Å². The second-order valence-corrected chi connectivity index (χ2v) is 6.73. The van der Waals surface area contributed by atoms with Crippen LogP contribution in [0.25, 0.3) is 0 Å². The van der Waals surface area contributed by atoms with Crippen molar-refractivity contribution in [2.75, 3.05) is 0 Å². The monoisotopic (exact) mass is 464 g/mol. The third-order valence-electron chi connectivity index (χ3n) is 2.31. The second-order valence-electron chi connectivity index (χ2n) is 6.73. The molecule has 0 heterocycles. The maximum atomic E-state index is 3.69. The Kier molecular flexibility index (Phi) is 46.1. The Labute approximate surface area is 158 Å². The fourth-order valence-corrected chi connectivity index (χ4v) is 0. The molecular weight excluding hydrogens is 419 g/mol. The summed E-state index contributed by atoms with van der Waals surface area (Å²) in [5, 5.41) is 0. The summed E-state index contributed by atoms with van der Waals surface area (Å²) in [6.45, 7) is 32.0. The molecule has 0 bridgehead atoms. The SMILES string of the molecule is [CH2-]CC(C)C.[CH2-]CC(C)C.[CH2-]CC(C)C.[CH2-]CC(C)C.[Hf+4]. The largest absolute Gasteiger partial charge is 4.00 e. The fourth-order valence-electron chi connectivity index (χ4n) is 0. The summed E-state index contributed by atoms with van der Waals surface area (Å²) in [5.41, 5.74) is 0. The molecular formula is C20H44Hf. The van der Waals surface area contributed by atoms with Gasteiger partial charge in [-0.05, 0) is 0 Å². The Bertz CT molecular complexity index is 93.8. The van der Waals surface area contributed by atoms with Gasteiger partial charge >= 0.3 is 25.8 Å². The van der Waals surface area contributed by atoms with Gasteiger partial charge < -0.3 is 27.7 Å². The van der Waals surface area contributed by atoms with Crippen LogP contribution >= 0.6 is 0 Å². The molecule has 0 amide bonds. The first-order chi connectivity index (χ1) is 9.08. The molecule has 21 heavy (non-hydrogen) atoms. The minimum Gasteiger partial charge on any atom is -0.343 e. The van der Waals surface area contributed by atoms with Crippen LogP contribution in [0.1, 0.15) is 81.1 Å². The van der Waals surface area contributed by atoms with Crippen LogP contribution in [0, 0.1) is 51.4 Å². The normalized spacial score (nSPS) is 9.14. The van der Waals surface area contributed by atoms with Gasteiger partial charge in [-0.25, -0.2) is 0 Å². The third-order valence-corrected chi connectivity index (χ3v) is 2.31. The molecule has 0 radical (unpaired) electrons. The molecule has 0 aliphatic carbocycles. The predicted molar refractivity (Wildman–Crippen MR) is 99.2 cm³/mol. The van der Waals surface area contributed by atoms with Crippen molar-refractivity contribution in [1.82, 2.24) is 0 Å². The van der Waals surface area contributed by atoms with E-state index in [1.165, 1.54) is 0 Å². The Morgan fingerprint density at radius 2 is 0.476 bits per heavy atom. The van der Waals surface area contributed by atoms with Crippen molar-refractivity contribution in [3.63, 3.8) is 0 Å². The van der Waals surface area contributed by atoms with E-state index in [0.717, 1.165) is 49.4 Å². The summed E-state index contributed by atoms with van der Waals surface area (Å²) in [5.74, 6) is 3.09. The van der Waals surface area contributed by atoms with Crippen molar-refractivity contribution >= 4 is 0 Å². The number of hydrogen-bond acceptors (Lipinski definition) is 0. The van der Waals surface area contributed by atoms with Crippen LogP contribution in [0.4, 0.5) is 0 Å². The standard InChI is InChI=1S/4C5H11.Hf/c4*1-4-5(2)3;/h4*5H,1,4H2,2-3H3;/q4*-1;+4. The molecule has 0 rings (SSSR count). The molecule has 0 saturated carbocycles. The van der Waals surface area contributed by atoms with Gasteiger partial charge in [0.1, 0.15) is 0 Å². The van der Waals surface area contributed by atoms with Crippen LogP contribution < -0.4 is 0 Å². The molecule has 0 saturated heterocycles. The van der Waals surface area contributed by atoms with Crippen molar-refractivity contribution < 1.29 is 25.8 Å². The van der Waals surface area contributed by atoms with Gasteiger partial charge in [-0.15, -0.1) is 0 Å². The van der Waals surface area contributed by atoms with Crippen LogP contribution in [-0.2, 0) is 25.8 Å². The van der Waals surface area contributed by atoms with Gasteiger partial charge in [0.05, 0.1) is 0 Å². The quantitative estimate of drug-likeness (QED) is 0.300. The zero-order chi connectivity index (χ0) is 17.1. The molecule has 0 N–H and O–H groups in total. The second kappa shape index (κ2) is 29.0. The van der Waals surface area contributed by atoms with Gasteiger partial charge in [0.15, 0.2) is 0 Å². The van der Waals surface area contributed by atoms with Gasteiger partial charge in [0.25, 0.3) is 0 Å². The Hall–Kier alpha value is 0.870. The van der Waals surface area contributed by atoms with Crippen molar-refractivity contribution in [2.45, 2.75) is 81.1 Å². The van der Waals surface area contributed by atoms with Gasteiger partial charge in [-0.2, -0.15) is 25.7 Å². The van der Waals surface area contributed by atoms with Crippen molar-refractivity contribution in [2.24, 2.45) is 23.7 Å². The third kappa shape index (κ3) is 94.5. The van der Waals surface area contributed by atoms with Crippen molar-refractivity contribution in [3.8, 4) is 0 Å². The van der Waals surface area contributed by atoms with E-state index in [4.69, 9.17) is 0 Å². The molecule has 0 fully saturated rings. The maximum Gasteiger partial charge on any atom is 4.00 e. The van der Waals surface area contributed by atoms with Crippen LogP contribution in [0.3, 0.4) is 0 Å². The molecule has 0 nitrogen and oxygen atoms in total. The zero-order valence-electron chi connectivity index (χ0n) is 16.5. The first-order valence-corrected chi connectivity index (χ1v) is 8.25. The van der Waals surface area contributed by atoms with E-state index in [2.05, 4.69) is 83.1 Å². The smallest absolute Gasteiger partial charge is 0.343 e. The van der Waals surface area contributed by atoms with E-state index < -0.39 is 0 Å². The number of rotatable bonds is 4. The number of hydrogen-bond donors (Lipinski definition) is 0. The zero-order valence-corrected chi connectivity index (χ0v) is 20.1. The van der Waals surface area contributed by atoms with E-state index >= 15 is 0 Å². The summed E-state index contributed by atoms with van der Waals surface area (Å²) in [4.78, 5) is 0. The van der Waals surface area contributed by atoms with Crippen LogP contribution in [0.15, 0.2) is 0 Å². The minimum absolute atomic E-state index is 0. The average Bonchev–Trinajstić information content (AvgIpc) is 2.40. The van der Waals surface area contributed by atoms with E-state index in [0.29, 0.717) is 0 Å². The topological polar surface area (TPSA) is 0 Å². The van der Waals surface area contributed by atoms with Crippen molar-refractivity contribution in [3.05, 3.63) is 27.7 Å². The molecule has 0 aliphatic heterocycles. The molecule has 0 aliphatic rings. The molecule has 0 aromatic rings. The summed E-state index contributed by atoms with van der Waals surface area (Å²) in [7, 11) is 0. The Morgan fingerprint density at radius 1 is 0.429 bits per heavy atom. The van der Waals surface area contributed by atoms with E-state index in [-0.39, 0.29) is 25.8 Å². The van der Waals surface area contributed by atoms with Crippen LogP contribution in [-0.4, -0.2) is 0 Å². The molecule has 0 aromatic heterocycles. The molecule has 0 atom stereocenters. The van der Waals surface area contributed by atoms with E-state index in [1.807, 2.05) is 0 Å². The van der Waals surface area contributed by atoms with Gasteiger partial charge in [0, 0.05) is 0 Å². The summed E-state index contributed by atoms with van der Waals surface area (Å²) < 4.78 is 0. The van der Waals surface area contributed by atoms with Crippen LogP contribution in [0.2, 0.25) is 0 Å². The summed E-state index contributed by atoms with van der Waals surface area (Å²) in [6.07, 6.45) is 4.22. The summed E-state index contributed by atoms with van der Waals surface area (Å²) in [6, 6.07) is 0. The Balaban J connectivity index is -0.0000000533. The van der Waals surface area contributed by atoms with Crippen LogP contribution in [0.5, 0.6) is 0 Å². The molecule has 128 valence electrons. The predicted octanol–water partition coefficient (Wildman–Crippen LogP) is 7.46. The minimum atomic E-state index is 0. The van der Waals surface area contributed by atoms with Gasteiger partial charge in [-0.1, -0.05) is 79.1 Å². The maximum absolute atomic E-state index is 3.69. The van der Waals surface area contributed by atoms with E-state index in [1.54, 1.807) is 0 Å². The first kappa shape index (κ1) is 33.5. The first-order valence-electron chi connectivity index (χ1n) is 8.25. The summed E-state index contributed by atoms with van der Waals surface area (Å²) >= 11 is 0. The fraction of sp³-hybridized carbons (Fsp3) is 0.800. The molecule has 0 spiro atoms. The van der Waals surface area contributed by atoms with Gasteiger partial charge in [0.2, 0.25) is 0 Å². The Morgan fingerprint density at radius 3 is 0.476 bits per heavy atom. The van der Waals surface area contributed by atoms with E-state index in [9.17, 15) is 0 Å². The van der Waals surface area contributed by atoms with Crippen molar-refractivity contribution in [1.29, 1.82) is 0 Å². The average molecular weight is 463 g/mol.